The van der Waals surface area contributed by atoms with Gasteiger partial charge in [0.25, 0.3) is 0 Å². The van der Waals surface area contributed by atoms with Crippen molar-refractivity contribution in [2.24, 2.45) is 5.92 Å². The number of hydrogen-bond acceptors (Lipinski definition) is 5. The summed E-state index contributed by atoms with van der Waals surface area (Å²) in [5.74, 6) is 1.79. The highest BCUT2D eigenvalue weighted by molar-refractivity contribution is 5.56. The van der Waals surface area contributed by atoms with E-state index in [1.54, 1.807) is 6.20 Å². The molecule has 5 nitrogen and oxygen atoms in total. The van der Waals surface area contributed by atoms with Gasteiger partial charge in [-0.05, 0) is 38.8 Å². The minimum Gasteiger partial charge on any atom is -0.393 e. The van der Waals surface area contributed by atoms with Crippen molar-refractivity contribution in [2.75, 3.05) is 11.9 Å². The van der Waals surface area contributed by atoms with Gasteiger partial charge in [0.05, 0.1) is 6.10 Å². The summed E-state index contributed by atoms with van der Waals surface area (Å²) in [7, 11) is 0. The fourth-order valence-electron chi connectivity index (χ4n) is 2.89. The highest BCUT2D eigenvalue weighted by atomic mass is 16.3. The summed E-state index contributed by atoms with van der Waals surface area (Å²) in [4.78, 5) is 13.5. The molecule has 2 aromatic heterocycles. The topological polar surface area (TPSA) is 70.9 Å². The molecule has 0 spiro atoms. The van der Waals surface area contributed by atoms with E-state index < -0.39 is 0 Å². The summed E-state index contributed by atoms with van der Waals surface area (Å²) >= 11 is 0. The van der Waals surface area contributed by atoms with Crippen molar-refractivity contribution < 1.29 is 5.11 Å². The van der Waals surface area contributed by atoms with E-state index in [0.29, 0.717) is 11.7 Å². The zero-order valence-corrected chi connectivity index (χ0v) is 13.1. The van der Waals surface area contributed by atoms with Gasteiger partial charge in [-0.1, -0.05) is 12.5 Å². The van der Waals surface area contributed by atoms with Gasteiger partial charge in [-0.15, -0.1) is 0 Å². The third kappa shape index (κ3) is 3.09. The van der Waals surface area contributed by atoms with Gasteiger partial charge in [0.1, 0.15) is 11.5 Å². The number of anilines is 1. The van der Waals surface area contributed by atoms with Crippen LogP contribution in [0.15, 0.2) is 24.4 Å². The molecule has 22 heavy (non-hydrogen) atoms. The Morgan fingerprint density at radius 1 is 1.23 bits per heavy atom. The zero-order chi connectivity index (χ0) is 15.5. The third-order valence-corrected chi connectivity index (χ3v) is 4.43. The van der Waals surface area contributed by atoms with Crippen molar-refractivity contribution >= 4 is 5.82 Å². The molecule has 1 saturated carbocycles. The molecule has 2 atom stereocenters. The smallest absolute Gasteiger partial charge is 0.180 e. The van der Waals surface area contributed by atoms with Crippen LogP contribution in [0.1, 0.15) is 30.5 Å². The van der Waals surface area contributed by atoms with E-state index in [1.165, 1.54) is 0 Å². The lowest BCUT2D eigenvalue weighted by molar-refractivity contribution is 0.138. The Kier molecular flexibility index (Phi) is 4.34. The number of aryl methyl sites for hydroxylation is 1. The molecule has 116 valence electrons. The maximum absolute atomic E-state index is 9.94. The molecule has 0 aliphatic heterocycles. The van der Waals surface area contributed by atoms with E-state index >= 15 is 0 Å². The molecule has 0 saturated heterocycles. The number of aromatic nitrogens is 3. The lowest BCUT2D eigenvalue weighted by atomic mass is 10.1. The molecule has 2 N–H and O–H groups in total. The van der Waals surface area contributed by atoms with Crippen LogP contribution in [-0.2, 0) is 0 Å². The molecule has 0 radical (unpaired) electrons. The van der Waals surface area contributed by atoms with E-state index in [1.807, 2.05) is 32.0 Å². The maximum Gasteiger partial charge on any atom is 0.180 e. The maximum atomic E-state index is 9.94. The van der Waals surface area contributed by atoms with Crippen molar-refractivity contribution in [3.63, 3.8) is 0 Å². The highest BCUT2D eigenvalue weighted by Gasteiger charge is 2.25. The molecular weight excluding hydrogens is 276 g/mol. The Balaban J connectivity index is 1.82. The molecule has 2 heterocycles. The standard InChI is InChI=1S/C17H22N4O/c1-11-12(2)20-17(14-7-3-4-9-18-14)21-16(11)19-10-13-6-5-8-15(13)22/h3-4,7,9,13,15,22H,5-6,8,10H2,1-2H3,(H,19,20,21). The van der Waals surface area contributed by atoms with Crippen LogP contribution in [0.25, 0.3) is 11.5 Å². The van der Waals surface area contributed by atoms with Crippen LogP contribution in [0.4, 0.5) is 5.82 Å². The first kappa shape index (κ1) is 14.9. The summed E-state index contributed by atoms with van der Waals surface area (Å²) in [6.07, 6.45) is 4.65. The van der Waals surface area contributed by atoms with Crippen molar-refractivity contribution in [3.8, 4) is 11.5 Å². The number of aliphatic hydroxyl groups is 1. The molecule has 1 fully saturated rings. The Labute approximate surface area is 130 Å². The molecule has 0 amide bonds. The predicted molar refractivity (Wildman–Crippen MR) is 86.6 cm³/mol. The van der Waals surface area contributed by atoms with Crippen molar-refractivity contribution in [2.45, 2.75) is 39.2 Å². The van der Waals surface area contributed by atoms with Crippen LogP contribution in [0, 0.1) is 19.8 Å². The molecule has 2 aromatic rings. The molecule has 1 aliphatic rings. The summed E-state index contributed by atoms with van der Waals surface area (Å²) in [5, 5.41) is 13.3. The Bertz CT molecular complexity index is 645. The van der Waals surface area contributed by atoms with E-state index in [4.69, 9.17) is 0 Å². The van der Waals surface area contributed by atoms with Crippen LogP contribution in [-0.4, -0.2) is 32.7 Å². The molecule has 1 aliphatic carbocycles. The van der Waals surface area contributed by atoms with E-state index in [2.05, 4.69) is 20.3 Å². The van der Waals surface area contributed by atoms with Crippen LogP contribution in [0.2, 0.25) is 0 Å². The Morgan fingerprint density at radius 3 is 2.77 bits per heavy atom. The normalized spacial score (nSPS) is 21.0. The van der Waals surface area contributed by atoms with Gasteiger partial charge >= 0.3 is 0 Å². The van der Waals surface area contributed by atoms with Crippen molar-refractivity contribution in [1.29, 1.82) is 0 Å². The first-order chi connectivity index (χ1) is 10.6. The predicted octanol–water partition coefficient (Wildman–Crippen LogP) is 2.73. The molecule has 0 bridgehead atoms. The fourth-order valence-corrected chi connectivity index (χ4v) is 2.89. The van der Waals surface area contributed by atoms with Gasteiger partial charge in [-0.3, -0.25) is 4.98 Å². The summed E-state index contributed by atoms with van der Waals surface area (Å²) in [5.41, 5.74) is 2.77. The number of nitrogens with one attached hydrogen (secondary N) is 1. The number of aliphatic hydroxyl groups excluding tert-OH is 1. The van der Waals surface area contributed by atoms with E-state index in [0.717, 1.165) is 48.6 Å². The van der Waals surface area contributed by atoms with Gasteiger partial charge in [0.2, 0.25) is 0 Å². The number of hydrogen-bond donors (Lipinski definition) is 2. The van der Waals surface area contributed by atoms with Gasteiger partial charge in [-0.2, -0.15) is 0 Å². The van der Waals surface area contributed by atoms with Gasteiger partial charge in [-0.25, -0.2) is 9.97 Å². The van der Waals surface area contributed by atoms with Gasteiger partial charge < -0.3 is 10.4 Å². The number of nitrogens with zero attached hydrogens (tertiary/aromatic N) is 3. The van der Waals surface area contributed by atoms with Crippen LogP contribution >= 0.6 is 0 Å². The third-order valence-electron chi connectivity index (χ3n) is 4.43. The summed E-state index contributed by atoms with van der Waals surface area (Å²) in [6, 6.07) is 5.72. The Hall–Kier alpha value is -2.01. The lowest BCUT2D eigenvalue weighted by Crippen LogP contribution is -2.23. The second-order valence-electron chi connectivity index (χ2n) is 5.96. The molecule has 3 rings (SSSR count). The quantitative estimate of drug-likeness (QED) is 0.908. The molecular formula is C17H22N4O. The summed E-state index contributed by atoms with van der Waals surface area (Å²) < 4.78 is 0. The minimum atomic E-state index is -0.189. The fraction of sp³-hybridized carbons (Fsp3) is 0.471. The second-order valence-corrected chi connectivity index (χ2v) is 5.96. The van der Waals surface area contributed by atoms with Crippen molar-refractivity contribution in [1.82, 2.24) is 15.0 Å². The van der Waals surface area contributed by atoms with Gasteiger partial charge in [0, 0.05) is 29.9 Å². The largest absolute Gasteiger partial charge is 0.393 e. The first-order valence-corrected chi connectivity index (χ1v) is 7.83. The monoisotopic (exact) mass is 298 g/mol. The van der Waals surface area contributed by atoms with Crippen LogP contribution in [0.3, 0.4) is 0 Å². The SMILES string of the molecule is Cc1nc(-c2ccccn2)nc(NCC2CCCC2O)c1C. The average Bonchev–Trinajstić information content (AvgIpc) is 2.95. The molecule has 5 heteroatoms. The van der Waals surface area contributed by atoms with Crippen LogP contribution < -0.4 is 5.32 Å². The number of pyridine rings is 1. The van der Waals surface area contributed by atoms with E-state index in [9.17, 15) is 5.11 Å². The first-order valence-electron chi connectivity index (χ1n) is 7.83. The second kappa shape index (κ2) is 6.40. The van der Waals surface area contributed by atoms with Crippen LogP contribution in [0.5, 0.6) is 0 Å². The zero-order valence-electron chi connectivity index (χ0n) is 13.1. The van der Waals surface area contributed by atoms with Crippen molar-refractivity contribution in [3.05, 3.63) is 35.7 Å². The number of rotatable bonds is 4. The summed E-state index contributed by atoms with van der Waals surface area (Å²) in [6.45, 7) is 4.75. The highest BCUT2D eigenvalue weighted by Crippen LogP contribution is 2.27. The van der Waals surface area contributed by atoms with E-state index in [-0.39, 0.29) is 6.10 Å². The lowest BCUT2D eigenvalue weighted by Gasteiger charge is -2.17. The Morgan fingerprint density at radius 2 is 2.09 bits per heavy atom. The van der Waals surface area contributed by atoms with Gasteiger partial charge in [0.15, 0.2) is 5.82 Å². The minimum absolute atomic E-state index is 0.189. The molecule has 2 unspecified atom stereocenters. The average molecular weight is 298 g/mol. The molecule has 0 aromatic carbocycles.